The van der Waals surface area contributed by atoms with Crippen LogP contribution in [0.2, 0.25) is 0 Å². The molecule has 4 nitrogen and oxygen atoms in total. The average molecular weight is 372 g/mol. The largest absolute Gasteiger partial charge is 0.491 e. The van der Waals surface area contributed by atoms with Gasteiger partial charge in [-0.1, -0.05) is 38.1 Å². The summed E-state index contributed by atoms with van der Waals surface area (Å²) < 4.78 is 17.2. The molecule has 2 unspecified atom stereocenters. The van der Waals surface area contributed by atoms with Gasteiger partial charge < -0.3 is 19.5 Å². The highest BCUT2D eigenvalue weighted by atomic mass is 16.5. The van der Waals surface area contributed by atoms with Crippen LogP contribution in [-0.2, 0) is 4.74 Å². The molecule has 2 aromatic carbocycles. The predicted octanol–water partition coefficient (Wildman–Crippen LogP) is 5.49. The van der Waals surface area contributed by atoms with E-state index in [0.29, 0.717) is 25.7 Å². The van der Waals surface area contributed by atoms with E-state index in [4.69, 9.17) is 14.2 Å². The molecule has 1 N–H and O–H groups in total. The van der Waals surface area contributed by atoms with Crippen LogP contribution in [0.25, 0.3) is 0 Å². The molecule has 0 bridgehead atoms. The van der Waals surface area contributed by atoms with E-state index in [0.717, 1.165) is 30.2 Å². The highest BCUT2D eigenvalue weighted by Crippen LogP contribution is 2.29. The fourth-order valence-electron chi connectivity index (χ4n) is 2.79. The molecule has 27 heavy (non-hydrogen) atoms. The molecule has 0 heterocycles. The fourth-order valence-corrected chi connectivity index (χ4v) is 2.79. The number of para-hydroxylation sites is 1. The molecular weight excluding hydrogens is 338 g/mol. The number of ether oxygens (including phenoxy) is 3. The third-order valence-corrected chi connectivity index (χ3v) is 4.52. The van der Waals surface area contributed by atoms with Crippen LogP contribution >= 0.6 is 0 Å². The summed E-state index contributed by atoms with van der Waals surface area (Å²) in [5.41, 5.74) is 2.30. The summed E-state index contributed by atoms with van der Waals surface area (Å²) in [6.07, 6.45) is 1.15. The van der Waals surface area contributed by atoms with Gasteiger partial charge in [0.25, 0.3) is 0 Å². The highest BCUT2D eigenvalue weighted by molar-refractivity contribution is 5.48. The van der Waals surface area contributed by atoms with Crippen molar-refractivity contribution in [3.8, 4) is 11.5 Å². The van der Waals surface area contributed by atoms with Crippen LogP contribution in [0, 0.1) is 0 Å². The molecule has 4 heteroatoms. The summed E-state index contributed by atoms with van der Waals surface area (Å²) in [5.74, 6) is 2.32. The lowest BCUT2D eigenvalue weighted by atomic mass is 9.98. The molecule has 0 saturated carbocycles. The minimum Gasteiger partial charge on any atom is -0.491 e. The number of hydrogen-bond donors (Lipinski definition) is 1. The van der Waals surface area contributed by atoms with Gasteiger partial charge in [-0.25, -0.2) is 0 Å². The summed E-state index contributed by atoms with van der Waals surface area (Å²) in [5, 5.41) is 3.43. The lowest BCUT2D eigenvalue weighted by molar-refractivity contribution is 0.110. The summed E-state index contributed by atoms with van der Waals surface area (Å²) >= 11 is 0. The van der Waals surface area contributed by atoms with Gasteiger partial charge in [0, 0.05) is 18.4 Å². The van der Waals surface area contributed by atoms with E-state index in [-0.39, 0.29) is 6.10 Å². The number of anilines is 1. The maximum absolute atomic E-state index is 6.20. The molecule has 0 spiro atoms. The van der Waals surface area contributed by atoms with Crippen molar-refractivity contribution in [2.24, 2.45) is 0 Å². The van der Waals surface area contributed by atoms with Crippen molar-refractivity contribution < 1.29 is 14.2 Å². The first-order valence-electron chi connectivity index (χ1n) is 9.94. The molecule has 2 aromatic rings. The molecule has 0 aromatic heterocycles. The number of rotatable bonds is 12. The maximum Gasteiger partial charge on any atom is 0.123 e. The second-order valence-corrected chi connectivity index (χ2v) is 6.73. The zero-order valence-corrected chi connectivity index (χ0v) is 17.0. The molecule has 0 aliphatic rings. The Labute approximate surface area is 163 Å². The molecular formula is C23H33NO3. The first-order valence-corrected chi connectivity index (χ1v) is 9.94. The molecule has 2 rings (SSSR count). The van der Waals surface area contributed by atoms with Gasteiger partial charge in [0.05, 0.1) is 13.2 Å². The van der Waals surface area contributed by atoms with Crippen LogP contribution < -0.4 is 14.8 Å². The van der Waals surface area contributed by atoms with Crippen molar-refractivity contribution in [1.82, 2.24) is 0 Å². The van der Waals surface area contributed by atoms with Gasteiger partial charge in [0.15, 0.2) is 0 Å². The van der Waals surface area contributed by atoms with Crippen LogP contribution in [0.5, 0.6) is 11.5 Å². The van der Waals surface area contributed by atoms with E-state index in [2.05, 4.69) is 44.3 Å². The zero-order chi connectivity index (χ0) is 19.5. The number of nitrogens with one attached hydrogen (secondary N) is 1. The normalized spacial score (nSPS) is 13.0. The van der Waals surface area contributed by atoms with Gasteiger partial charge >= 0.3 is 0 Å². The summed E-state index contributed by atoms with van der Waals surface area (Å²) in [6.45, 7) is 11.1. The zero-order valence-electron chi connectivity index (χ0n) is 17.0. The standard InChI is InChI=1S/C23H33NO3/c1-5-18(3)22-12-7-8-13-23(22)27-19(4)17-24-20-10-9-11-21(16-20)26-15-14-25-6-2/h7-13,16,18-19,24H,5-6,14-15,17H2,1-4H3. The van der Waals surface area contributed by atoms with Crippen LogP contribution in [-0.4, -0.2) is 32.5 Å². The fraction of sp³-hybridized carbons (Fsp3) is 0.478. The Bertz CT molecular complexity index is 674. The maximum atomic E-state index is 6.20. The van der Waals surface area contributed by atoms with Crippen LogP contribution in [0.4, 0.5) is 5.69 Å². The van der Waals surface area contributed by atoms with Gasteiger partial charge in [0.1, 0.15) is 24.2 Å². The summed E-state index contributed by atoms with van der Waals surface area (Å²) in [4.78, 5) is 0. The monoisotopic (exact) mass is 371 g/mol. The molecule has 0 amide bonds. The van der Waals surface area contributed by atoms with Gasteiger partial charge in [-0.05, 0) is 49.9 Å². The van der Waals surface area contributed by atoms with Gasteiger partial charge in [0.2, 0.25) is 0 Å². The van der Waals surface area contributed by atoms with Crippen molar-refractivity contribution >= 4 is 5.69 Å². The van der Waals surface area contributed by atoms with E-state index in [1.807, 2.05) is 37.3 Å². The molecule has 2 atom stereocenters. The van der Waals surface area contributed by atoms with Crippen molar-refractivity contribution in [3.05, 3.63) is 54.1 Å². The van der Waals surface area contributed by atoms with Crippen LogP contribution in [0.15, 0.2) is 48.5 Å². The van der Waals surface area contributed by atoms with Crippen molar-refractivity contribution in [2.75, 3.05) is 31.7 Å². The molecule has 0 saturated heterocycles. The van der Waals surface area contributed by atoms with E-state index >= 15 is 0 Å². The minimum absolute atomic E-state index is 0.0535. The summed E-state index contributed by atoms with van der Waals surface area (Å²) in [6, 6.07) is 16.3. The average Bonchev–Trinajstić information content (AvgIpc) is 2.70. The second kappa shape index (κ2) is 11.5. The Kier molecular flexibility index (Phi) is 8.99. The van der Waals surface area contributed by atoms with Crippen molar-refractivity contribution in [1.29, 1.82) is 0 Å². The van der Waals surface area contributed by atoms with Crippen LogP contribution in [0.3, 0.4) is 0 Å². The Morgan fingerprint density at radius 1 is 0.963 bits per heavy atom. The molecule has 148 valence electrons. The Morgan fingerprint density at radius 2 is 1.78 bits per heavy atom. The molecule has 0 aliphatic heterocycles. The Morgan fingerprint density at radius 3 is 2.56 bits per heavy atom. The van der Waals surface area contributed by atoms with Crippen LogP contribution in [0.1, 0.15) is 45.6 Å². The minimum atomic E-state index is 0.0535. The first-order chi connectivity index (χ1) is 13.1. The SMILES string of the molecule is CCOCCOc1cccc(NCC(C)Oc2ccccc2C(C)CC)c1. The lowest BCUT2D eigenvalue weighted by Gasteiger charge is -2.21. The van der Waals surface area contributed by atoms with E-state index < -0.39 is 0 Å². The second-order valence-electron chi connectivity index (χ2n) is 6.73. The van der Waals surface area contributed by atoms with Gasteiger partial charge in [-0.15, -0.1) is 0 Å². The van der Waals surface area contributed by atoms with E-state index in [1.54, 1.807) is 0 Å². The Balaban J connectivity index is 1.86. The highest BCUT2D eigenvalue weighted by Gasteiger charge is 2.12. The number of benzene rings is 2. The predicted molar refractivity (Wildman–Crippen MR) is 112 cm³/mol. The third-order valence-electron chi connectivity index (χ3n) is 4.52. The molecule has 0 fully saturated rings. The van der Waals surface area contributed by atoms with Gasteiger partial charge in [-0.3, -0.25) is 0 Å². The topological polar surface area (TPSA) is 39.7 Å². The smallest absolute Gasteiger partial charge is 0.123 e. The quantitative estimate of drug-likeness (QED) is 0.501. The van der Waals surface area contributed by atoms with Crippen molar-refractivity contribution in [2.45, 2.75) is 46.1 Å². The van der Waals surface area contributed by atoms with E-state index in [1.165, 1.54) is 5.56 Å². The van der Waals surface area contributed by atoms with Gasteiger partial charge in [-0.2, -0.15) is 0 Å². The lowest BCUT2D eigenvalue weighted by Crippen LogP contribution is -2.23. The molecule has 0 radical (unpaired) electrons. The van der Waals surface area contributed by atoms with E-state index in [9.17, 15) is 0 Å². The molecule has 0 aliphatic carbocycles. The third kappa shape index (κ3) is 7.14. The first kappa shape index (κ1) is 21.1. The summed E-state index contributed by atoms with van der Waals surface area (Å²) in [7, 11) is 0. The Hall–Kier alpha value is -2.20. The number of hydrogen-bond acceptors (Lipinski definition) is 4. The van der Waals surface area contributed by atoms with Crippen molar-refractivity contribution in [3.63, 3.8) is 0 Å².